The zero-order chi connectivity index (χ0) is 15.6. The molecule has 3 rings (SSSR count). The number of halogens is 1. The number of aromatic amines is 1. The molecule has 1 fully saturated rings. The predicted octanol–water partition coefficient (Wildman–Crippen LogP) is 3.32. The maximum Gasteiger partial charge on any atom is 0.0695 e. The minimum atomic E-state index is 0.0121. The van der Waals surface area contributed by atoms with Crippen LogP contribution in [0.2, 0.25) is 5.02 Å². The first-order valence-electron chi connectivity index (χ1n) is 7.71. The topological polar surface area (TPSA) is 52.1 Å². The first-order valence-corrected chi connectivity index (χ1v) is 8.09. The molecular weight excluding hydrogens is 298 g/mol. The SMILES string of the molecule is CC1(CO)CCCN(Cc2cn[nH]c2-c2cccc(Cl)c2)C1. The molecule has 2 heterocycles. The van der Waals surface area contributed by atoms with Crippen molar-refractivity contribution in [2.24, 2.45) is 5.41 Å². The number of aromatic nitrogens is 2. The Bertz CT molecular complexity index is 642. The average molecular weight is 320 g/mol. The fraction of sp³-hybridized carbons (Fsp3) is 0.471. The Hall–Kier alpha value is -1.36. The molecule has 0 bridgehead atoms. The summed E-state index contributed by atoms with van der Waals surface area (Å²) in [5, 5.41) is 17.6. The van der Waals surface area contributed by atoms with Gasteiger partial charge in [-0.05, 0) is 31.5 Å². The standard InChI is InChI=1S/C17H22ClN3O/c1-17(12-22)6-3-7-21(11-17)10-14-9-19-20-16(14)13-4-2-5-15(18)8-13/h2,4-5,8-9,22H,3,6-7,10-12H2,1H3,(H,19,20). The van der Waals surface area contributed by atoms with Gasteiger partial charge in [0.15, 0.2) is 0 Å². The van der Waals surface area contributed by atoms with Crippen molar-refractivity contribution in [1.82, 2.24) is 15.1 Å². The molecule has 4 nitrogen and oxygen atoms in total. The van der Waals surface area contributed by atoms with Gasteiger partial charge in [0.1, 0.15) is 0 Å². The molecule has 1 atom stereocenters. The summed E-state index contributed by atoms with van der Waals surface area (Å²) >= 11 is 6.09. The zero-order valence-electron chi connectivity index (χ0n) is 12.8. The number of piperidine rings is 1. The number of benzene rings is 1. The lowest BCUT2D eigenvalue weighted by atomic mass is 9.82. The molecular formula is C17H22ClN3O. The van der Waals surface area contributed by atoms with Crippen LogP contribution in [0.3, 0.4) is 0 Å². The quantitative estimate of drug-likeness (QED) is 0.909. The smallest absolute Gasteiger partial charge is 0.0695 e. The van der Waals surface area contributed by atoms with Gasteiger partial charge >= 0.3 is 0 Å². The van der Waals surface area contributed by atoms with E-state index in [-0.39, 0.29) is 12.0 Å². The van der Waals surface area contributed by atoms with E-state index < -0.39 is 0 Å². The van der Waals surface area contributed by atoms with Gasteiger partial charge in [-0.3, -0.25) is 10.00 Å². The second-order valence-electron chi connectivity index (χ2n) is 6.56. The van der Waals surface area contributed by atoms with E-state index in [9.17, 15) is 5.11 Å². The van der Waals surface area contributed by atoms with Crippen molar-refractivity contribution in [3.63, 3.8) is 0 Å². The summed E-state index contributed by atoms with van der Waals surface area (Å²) in [5.74, 6) is 0. The van der Waals surface area contributed by atoms with Gasteiger partial charge in [-0.2, -0.15) is 5.10 Å². The Labute approximate surface area is 136 Å². The van der Waals surface area contributed by atoms with Gasteiger partial charge in [-0.15, -0.1) is 0 Å². The number of hydrogen-bond donors (Lipinski definition) is 2. The molecule has 5 heteroatoms. The lowest BCUT2D eigenvalue weighted by Gasteiger charge is -2.39. The number of likely N-dealkylation sites (tertiary alicyclic amines) is 1. The molecule has 1 unspecified atom stereocenters. The molecule has 1 saturated heterocycles. The zero-order valence-corrected chi connectivity index (χ0v) is 13.6. The minimum absolute atomic E-state index is 0.0121. The third-order valence-electron chi connectivity index (χ3n) is 4.47. The van der Waals surface area contributed by atoms with Gasteiger partial charge < -0.3 is 5.11 Å². The van der Waals surface area contributed by atoms with Crippen molar-refractivity contribution in [2.45, 2.75) is 26.3 Å². The lowest BCUT2D eigenvalue weighted by Crippen LogP contribution is -2.43. The molecule has 2 N–H and O–H groups in total. The fourth-order valence-electron chi connectivity index (χ4n) is 3.26. The van der Waals surface area contributed by atoms with Crippen LogP contribution in [-0.2, 0) is 6.54 Å². The normalized spacial score (nSPS) is 22.9. The third-order valence-corrected chi connectivity index (χ3v) is 4.70. The van der Waals surface area contributed by atoms with Crippen molar-refractivity contribution >= 4 is 11.6 Å². The van der Waals surface area contributed by atoms with Gasteiger partial charge in [0.25, 0.3) is 0 Å². The summed E-state index contributed by atoms with van der Waals surface area (Å²) in [6.07, 6.45) is 4.11. The summed E-state index contributed by atoms with van der Waals surface area (Å²) in [7, 11) is 0. The van der Waals surface area contributed by atoms with Crippen LogP contribution in [0.25, 0.3) is 11.3 Å². The third kappa shape index (κ3) is 3.35. The fourth-order valence-corrected chi connectivity index (χ4v) is 3.45. The number of rotatable bonds is 4. The monoisotopic (exact) mass is 319 g/mol. The molecule has 2 aromatic rings. The minimum Gasteiger partial charge on any atom is -0.396 e. The Morgan fingerprint density at radius 1 is 1.45 bits per heavy atom. The van der Waals surface area contributed by atoms with E-state index in [1.807, 2.05) is 30.5 Å². The molecule has 1 aromatic carbocycles. The van der Waals surface area contributed by atoms with Crippen molar-refractivity contribution in [3.8, 4) is 11.3 Å². The number of nitrogens with one attached hydrogen (secondary N) is 1. The van der Waals surface area contributed by atoms with Gasteiger partial charge in [0, 0.05) is 41.3 Å². The van der Waals surface area contributed by atoms with Crippen LogP contribution in [0.1, 0.15) is 25.3 Å². The van der Waals surface area contributed by atoms with Crippen molar-refractivity contribution in [3.05, 3.63) is 41.0 Å². The molecule has 0 saturated carbocycles. The Kier molecular flexibility index (Phi) is 4.52. The Balaban J connectivity index is 1.78. The number of nitrogens with zero attached hydrogens (tertiary/aromatic N) is 2. The first kappa shape index (κ1) is 15.5. The number of H-pyrrole nitrogens is 1. The van der Waals surface area contributed by atoms with E-state index in [1.54, 1.807) is 0 Å². The van der Waals surface area contributed by atoms with Gasteiger partial charge in [0.2, 0.25) is 0 Å². The molecule has 0 radical (unpaired) electrons. The maximum absolute atomic E-state index is 9.60. The number of aliphatic hydroxyl groups is 1. The van der Waals surface area contributed by atoms with Crippen LogP contribution < -0.4 is 0 Å². The summed E-state index contributed by atoms with van der Waals surface area (Å²) < 4.78 is 0. The highest BCUT2D eigenvalue weighted by Gasteiger charge is 2.30. The number of hydrogen-bond acceptors (Lipinski definition) is 3. The van der Waals surface area contributed by atoms with E-state index >= 15 is 0 Å². The Morgan fingerprint density at radius 3 is 3.09 bits per heavy atom. The molecule has 1 aromatic heterocycles. The molecule has 22 heavy (non-hydrogen) atoms. The van der Waals surface area contributed by atoms with E-state index in [0.29, 0.717) is 0 Å². The summed E-state index contributed by atoms with van der Waals surface area (Å²) in [6.45, 7) is 5.23. The van der Waals surface area contributed by atoms with Crippen LogP contribution in [-0.4, -0.2) is 39.9 Å². The van der Waals surface area contributed by atoms with Crippen LogP contribution in [0.15, 0.2) is 30.5 Å². The Morgan fingerprint density at radius 2 is 2.32 bits per heavy atom. The van der Waals surface area contributed by atoms with Crippen LogP contribution in [0, 0.1) is 5.41 Å². The van der Waals surface area contributed by atoms with Gasteiger partial charge in [-0.1, -0.05) is 30.7 Å². The maximum atomic E-state index is 9.60. The van der Waals surface area contributed by atoms with E-state index in [0.717, 1.165) is 48.8 Å². The highest BCUT2D eigenvalue weighted by Crippen LogP contribution is 2.31. The highest BCUT2D eigenvalue weighted by atomic mass is 35.5. The first-order chi connectivity index (χ1) is 10.6. The van der Waals surface area contributed by atoms with Crippen molar-refractivity contribution in [1.29, 1.82) is 0 Å². The highest BCUT2D eigenvalue weighted by molar-refractivity contribution is 6.30. The predicted molar refractivity (Wildman–Crippen MR) is 88.7 cm³/mol. The van der Waals surface area contributed by atoms with Crippen LogP contribution in [0.4, 0.5) is 0 Å². The molecule has 0 spiro atoms. The number of aliphatic hydroxyl groups excluding tert-OH is 1. The molecule has 1 aliphatic rings. The van der Waals surface area contributed by atoms with Gasteiger partial charge in [-0.25, -0.2) is 0 Å². The summed E-state index contributed by atoms with van der Waals surface area (Å²) in [5.41, 5.74) is 3.27. The molecule has 1 aliphatic heterocycles. The van der Waals surface area contributed by atoms with E-state index in [1.165, 1.54) is 5.56 Å². The van der Waals surface area contributed by atoms with E-state index in [4.69, 9.17) is 11.6 Å². The second kappa shape index (κ2) is 6.41. The summed E-state index contributed by atoms with van der Waals surface area (Å²) in [6, 6.07) is 7.81. The lowest BCUT2D eigenvalue weighted by molar-refractivity contribution is 0.0430. The van der Waals surface area contributed by atoms with Crippen LogP contribution in [0.5, 0.6) is 0 Å². The van der Waals surface area contributed by atoms with Crippen molar-refractivity contribution in [2.75, 3.05) is 19.7 Å². The largest absolute Gasteiger partial charge is 0.396 e. The molecule has 0 amide bonds. The van der Waals surface area contributed by atoms with Gasteiger partial charge in [0.05, 0.1) is 11.9 Å². The summed E-state index contributed by atoms with van der Waals surface area (Å²) in [4.78, 5) is 2.40. The second-order valence-corrected chi connectivity index (χ2v) is 7.00. The average Bonchev–Trinajstić information content (AvgIpc) is 2.95. The molecule has 0 aliphatic carbocycles. The van der Waals surface area contributed by atoms with E-state index in [2.05, 4.69) is 22.0 Å². The van der Waals surface area contributed by atoms with Crippen LogP contribution >= 0.6 is 11.6 Å². The molecule has 118 valence electrons. The van der Waals surface area contributed by atoms with Crippen molar-refractivity contribution < 1.29 is 5.11 Å².